The van der Waals surface area contributed by atoms with Gasteiger partial charge in [0.1, 0.15) is 5.75 Å². The van der Waals surface area contributed by atoms with Crippen LogP contribution in [0.1, 0.15) is 43.4 Å². The fourth-order valence-corrected chi connectivity index (χ4v) is 4.78. The quantitative estimate of drug-likeness (QED) is 0.661. The highest BCUT2D eigenvalue weighted by molar-refractivity contribution is 7.86. The summed E-state index contributed by atoms with van der Waals surface area (Å²) in [5.41, 5.74) is 1.24. The molecule has 31 heavy (non-hydrogen) atoms. The Morgan fingerprint density at radius 1 is 1.16 bits per heavy atom. The Balaban J connectivity index is 1.63. The molecule has 1 saturated heterocycles. The van der Waals surface area contributed by atoms with E-state index in [9.17, 15) is 18.3 Å². The molecule has 2 aromatic rings. The summed E-state index contributed by atoms with van der Waals surface area (Å²) in [5.74, 6) is 0.237. The molecule has 1 saturated carbocycles. The zero-order valence-corrected chi connectivity index (χ0v) is 18.6. The number of β-amino-alcohol motifs (C(OH)–C–C–N with tert-alkyl or cyclic N) is 1. The fraction of sp³-hybridized carbons (Fsp3) is 0.435. The molecule has 1 aliphatic heterocycles. The molecule has 2 fully saturated rings. The largest absolute Gasteiger partial charge is 0.392 e. The first-order valence-electron chi connectivity index (χ1n) is 10.5. The van der Waals surface area contributed by atoms with Crippen LogP contribution in [-0.4, -0.2) is 54.9 Å². The zero-order chi connectivity index (χ0) is 22.2. The van der Waals surface area contributed by atoms with Crippen molar-refractivity contribution in [1.29, 1.82) is 0 Å². The molecule has 0 radical (unpaired) electrons. The Hall–Kier alpha value is -2.42. The Labute approximate surface area is 183 Å². The van der Waals surface area contributed by atoms with Crippen molar-refractivity contribution in [1.82, 2.24) is 10.0 Å². The van der Waals surface area contributed by atoms with Gasteiger partial charge >= 0.3 is 10.1 Å². The van der Waals surface area contributed by atoms with E-state index in [-0.39, 0.29) is 17.7 Å². The van der Waals surface area contributed by atoms with Crippen LogP contribution in [0.4, 0.5) is 0 Å². The molecule has 2 unspecified atom stereocenters. The molecule has 166 valence electrons. The molecule has 2 atom stereocenters. The number of rotatable bonds is 7. The molecule has 2 aromatic carbocycles. The third-order valence-electron chi connectivity index (χ3n) is 6.12. The lowest BCUT2D eigenvalue weighted by Crippen LogP contribution is -2.51. The van der Waals surface area contributed by atoms with Crippen molar-refractivity contribution in [2.75, 3.05) is 19.3 Å². The van der Waals surface area contributed by atoms with Gasteiger partial charge in [-0.2, -0.15) is 8.42 Å². The molecule has 0 aromatic heterocycles. The lowest BCUT2D eigenvalue weighted by Gasteiger charge is -2.39. The van der Waals surface area contributed by atoms with Crippen molar-refractivity contribution < 1.29 is 22.5 Å². The van der Waals surface area contributed by atoms with Crippen LogP contribution in [0.25, 0.3) is 0 Å². The normalized spacial score (nSPS) is 21.5. The van der Waals surface area contributed by atoms with E-state index >= 15 is 0 Å². The number of aliphatic hydroxyl groups excluding tert-OH is 1. The number of aliphatic hydroxyl groups is 1. The van der Waals surface area contributed by atoms with Gasteiger partial charge in [0.25, 0.3) is 0 Å². The van der Waals surface area contributed by atoms with E-state index in [2.05, 4.69) is 0 Å². The van der Waals surface area contributed by atoms with Crippen molar-refractivity contribution in [2.45, 2.75) is 43.7 Å². The first-order chi connectivity index (χ1) is 14.7. The SMILES string of the molecule is CC(c1ccccc1)N(C(=O)C1(c2ccc(OS(C)(=O)=O)cc2)CC1)N1CCC(O)C1. The lowest BCUT2D eigenvalue weighted by molar-refractivity contribution is -0.156. The molecule has 0 bridgehead atoms. The molecular formula is C23H28N2O5S. The van der Waals surface area contributed by atoms with Gasteiger partial charge in [-0.15, -0.1) is 0 Å². The first kappa shape index (κ1) is 21.8. The van der Waals surface area contributed by atoms with Gasteiger partial charge in [-0.1, -0.05) is 42.5 Å². The van der Waals surface area contributed by atoms with Gasteiger partial charge in [0.05, 0.1) is 23.8 Å². The van der Waals surface area contributed by atoms with Crippen molar-refractivity contribution in [2.24, 2.45) is 0 Å². The maximum atomic E-state index is 13.9. The van der Waals surface area contributed by atoms with Gasteiger partial charge in [-0.05, 0) is 49.4 Å². The average Bonchev–Trinajstić information content (AvgIpc) is 3.44. The number of hydrazine groups is 1. The van der Waals surface area contributed by atoms with Gasteiger partial charge in [0.15, 0.2) is 0 Å². The minimum atomic E-state index is -3.60. The van der Waals surface area contributed by atoms with Crippen LogP contribution in [-0.2, 0) is 20.3 Å². The van der Waals surface area contributed by atoms with Crippen molar-refractivity contribution in [3.8, 4) is 5.75 Å². The predicted octanol–water partition coefficient (Wildman–Crippen LogP) is 2.63. The smallest absolute Gasteiger partial charge is 0.306 e. The lowest BCUT2D eigenvalue weighted by atomic mass is 9.93. The van der Waals surface area contributed by atoms with E-state index in [4.69, 9.17) is 4.18 Å². The Bertz CT molecular complexity index is 1040. The van der Waals surface area contributed by atoms with E-state index in [0.717, 1.165) is 30.2 Å². The van der Waals surface area contributed by atoms with Gasteiger partial charge < -0.3 is 9.29 Å². The van der Waals surface area contributed by atoms with Crippen molar-refractivity contribution in [3.63, 3.8) is 0 Å². The van der Waals surface area contributed by atoms with E-state index in [1.54, 1.807) is 24.3 Å². The second-order valence-electron chi connectivity index (χ2n) is 8.49. The van der Waals surface area contributed by atoms with E-state index < -0.39 is 21.6 Å². The number of nitrogens with zero attached hydrogens (tertiary/aromatic N) is 2. The summed E-state index contributed by atoms with van der Waals surface area (Å²) in [7, 11) is -3.60. The summed E-state index contributed by atoms with van der Waals surface area (Å²) < 4.78 is 27.7. The number of carbonyl (C=O) groups excluding carboxylic acids is 1. The molecular weight excluding hydrogens is 416 g/mol. The molecule has 8 heteroatoms. The number of benzene rings is 2. The van der Waals surface area contributed by atoms with Gasteiger partial charge in [0.2, 0.25) is 5.91 Å². The third kappa shape index (κ3) is 4.61. The summed E-state index contributed by atoms with van der Waals surface area (Å²) in [5, 5.41) is 13.9. The topological polar surface area (TPSA) is 87.2 Å². The molecule has 1 heterocycles. The van der Waals surface area contributed by atoms with Crippen LogP contribution in [0, 0.1) is 0 Å². The highest BCUT2D eigenvalue weighted by Gasteiger charge is 2.55. The summed E-state index contributed by atoms with van der Waals surface area (Å²) in [6.07, 6.45) is 2.65. The van der Waals surface area contributed by atoms with Crippen LogP contribution in [0.2, 0.25) is 0 Å². The number of carbonyl (C=O) groups is 1. The molecule has 0 spiro atoms. The van der Waals surface area contributed by atoms with E-state index in [0.29, 0.717) is 19.5 Å². The van der Waals surface area contributed by atoms with Crippen LogP contribution >= 0.6 is 0 Å². The molecule has 1 N–H and O–H groups in total. The zero-order valence-electron chi connectivity index (χ0n) is 17.8. The second-order valence-corrected chi connectivity index (χ2v) is 10.1. The molecule has 1 amide bonds. The Kier molecular flexibility index (Phi) is 5.81. The van der Waals surface area contributed by atoms with Gasteiger partial charge in [0, 0.05) is 13.1 Å². The third-order valence-corrected chi connectivity index (χ3v) is 6.61. The van der Waals surface area contributed by atoms with E-state index in [1.165, 1.54) is 0 Å². The average molecular weight is 445 g/mol. The Morgan fingerprint density at radius 3 is 2.32 bits per heavy atom. The monoisotopic (exact) mass is 444 g/mol. The second kappa shape index (κ2) is 8.26. The molecule has 7 nitrogen and oxygen atoms in total. The maximum absolute atomic E-state index is 13.9. The highest BCUT2D eigenvalue weighted by Crippen LogP contribution is 2.51. The molecule has 1 aliphatic carbocycles. The van der Waals surface area contributed by atoms with Crippen LogP contribution < -0.4 is 4.18 Å². The fourth-order valence-electron chi connectivity index (χ4n) is 4.32. The number of hydrogen-bond donors (Lipinski definition) is 1. The van der Waals surface area contributed by atoms with Gasteiger partial charge in [-0.25, -0.2) is 5.01 Å². The predicted molar refractivity (Wildman–Crippen MR) is 117 cm³/mol. The number of hydrogen-bond acceptors (Lipinski definition) is 6. The minimum Gasteiger partial charge on any atom is -0.392 e. The van der Waals surface area contributed by atoms with Crippen molar-refractivity contribution >= 4 is 16.0 Å². The molecule has 2 aliphatic rings. The van der Waals surface area contributed by atoms with Gasteiger partial charge in [-0.3, -0.25) is 9.80 Å². The summed E-state index contributed by atoms with van der Waals surface area (Å²) in [4.78, 5) is 13.9. The van der Waals surface area contributed by atoms with Crippen molar-refractivity contribution in [3.05, 3.63) is 65.7 Å². The maximum Gasteiger partial charge on any atom is 0.306 e. The first-order valence-corrected chi connectivity index (χ1v) is 12.3. The summed E-state index contributed by atoms with van der Waals surface area (Å²) in [6, 6.07) is 16.4. The summed E-state index contributed by atoms with van der Waals surface area (Å²) >= 11 is 0. The minimum absolute atomic E-state index is 0.00901. The van der Waals surface area contributed by atoms with Crippen LogP contribution in [0.15, 0.2) is 54.6 Å². The Morgan fingerprint density at radius 2 is 1.81 bits per heavy atom. The summed E-state index contributed by atoms with van der Waals surface area (Å²) in [6.45, 7) is 3.07. The molecule has 4 rings (SSSR count). The highest BCUT2D eigenvalue weighted by atomic mass is 32.2. The standard InChI is InChI=1S/C23H28N2O5S/c1-17(18-6-4-3-5-7-18)25(24-15-12-20(26)16-24)22(27)23(13-14-23)19-8-10-21(11-9-19)30-31(2,28)29/h3-11,17,20,26H,12-16H2,1-2H3. The van der Waals surface area contributed by atoms with Crippen LogP contribution in [0.5, 0.6) is 5.75 Å². The van der Waals surface area contributed by atoms with E-state index in [1.807, 2.05) is 47.3 Å². The number of amides is 1. The van der Waals surface area contributed by atoms with Crippen LogP contribution in [0.3, 0.4) is 0 Å².